The van der Waals surface area contributed by atoms with E-state index in [2.05, 4.69) is 4.98 Å². The number of hydrogen-bond donors (Lipinski definition) is 1. The topological polar surface area (TPSA) is 46.5 Å². The van der Waals surface area contributed by atoms with Crippen LogP contribution in [0.3, 0.4) is 0 Å². The van der Waals surface area contributed by atoms with Gasteiger partial charge >= 0.3 is 0 Å². The van der Waals surface area contributed by atoms with E-state index in [4.69, 9.17) is 4.74 Å². The monoisotopic (exact) mass is 240 g/mol. The molecule has 0 atom stereocenters. The molecule has 0 spiro atoms. The van der Waals surface area contributed by atoms with Crippen LogP contribution in [0.15, 0.2) is 53.6 Å². The lowest BCUT2D eigenvalue weighted by atomic mass is 10.1. The number of benzene rings is 1. The third kappa shape index (κ3) is 1.78. The summed E-state index contributed by atoms with van der Waals surface area (Å²) in [6, 6.07) is 10.9. The molecule has 0 aliphatic heterocycles. The zero-order valence-corrected chi connectivity index (χ0v) is 9.88. The molecule has 0 saturated heterocycles. The summed E-state index contributed by atoms with van der Waals surface area (Å²) in [5, 5.41) is 0. The van der Waals surface area contributed by atoms with Crippen LogP contribution in [0.1, 0.15) is 0 Å². The largest absolute Gasteiger partial charge is 0.497 e. The van der Waals surface area contributed by atoms with Gasteiger partial charge in [0.25, 0.3) is 0 Å². The van der Waals surface area contributed by atoms with Gasteiger partial charge in [-0.3, -0.25) is 4.79 Å². The number of nitrogens with one attached hydrogen (secondary N) is 1. The zero-order chi connectivity index (χ0) is 12.5. The molecule has 1 aromatic carbocycles. The number of aromatic amines is 1. The van der Waals surface area contributed by atoms with Crippen LogP contribution in [-0.4, -0.2) is 16.5 Å². The molecule has 4 heteroatoms. The first-order valence-corrected chi connectivity index (χ1v) is 5.62. The van der Waals surface area contributed by atoms with Gasteiger partial charge in [-0.05, 0) is 12.1 Å². The molecule has 18 heavy (non-hydrogen) atoms. The zero-order valence-electron chi connectivity index (χ0n) is 9.88. The van der Waals surface area contributed by atoms with Crippen molar-refractivity contribution in [3.8, 4) is 17.0 Å². The fourth-order valence-corrected chi connectivity index (χ4v) is 1.95. The lowest BCUT2D eigenvalue weighted by Gasteiger charge is -2.01. The highest BCUT2D eigenvalue weighted by Crippen LogP contribution is 2.22. The second kappa shape index (κ2) is 4.07. The summed E-state index contributed by atoms with van der Waals surface area (Å²) < 4.78 is 7.08. The summed E-state index contributed by atoms with van der Waals surface area (Å²) in [6.07, 6.45) is 3.70. The quantitative estimate of drug-likeness (QED) is 0.747. The smallest absolute Gasteiger partial charge is 0.183 e. The Morgan fingerprint density at radius 3 is 2.94 bits per heavy atom. The number of methoxy groups -OCH3 is 1. The number of nitrogens with zero attached hydrogens (tertiary/aromatic N) is 1. The molecule has 0 saturated carbocycles. The number of fused-ring (bicyclic) bond motifs is 1. The van der Waals surface area contributed by atoms with Gasteiger partial charge in [0.15, 0.2) is 5.43 Å². The predicted molar refractivity (Wildman–Crippen MR) is 70.0 cm³/mol. The van der Waals surface area contributed by atoms with Gasteiger partial charge < -0.3 is 14.1 Å². The standard InChI is InChI=1S/C14H12N2O2/c1-18-12-4-2-3-10(7-12)13-9-16-6-5-11(17)8-14(16)15-13/h2-9,15H,1H3. The van der Waals surface area contributed by atoms with Gasteiger partial charge in [-0.25, -0.2) is 0 Å². The van der Waals surface area contributed by atoms with Gasteiger partial charge in [0, 0.05) is 30.1 Å². The Labute approximate surface area is 103 Å². The third-order valence-corrected chi connectivity index (χ3v) is 2.87. The highest BCUT2D eigenvalue weighted by Gasteiger charge is 2.03. The molecule has 3 rings (SSSR count). The van der Waals surface area contributed by atoms with E-state index in [0.29, 0.717) is 0 Å². The predicted octanol–water partition coefficient (Wildman–Crippen LogP) is 2.30. The molecule has 0 aliphatic rings. The summed E-state index contributed by atoms with van der Waals surface area (Å²) >= 11 is 0. The van der Waals surface area contributed by atoms with Gasteiger partial charge in [0.2, 0.25) is 0 Å². The van der Waals surface area contributed by atoms with Gasteiger partial charge in [0.05, 0.1) is 12.8 Å². The van der Waals surface area contributed by atoms with E-state index in [1.54, 1.807) is 19.4 Å². The summed E-state index contributed by atoms with van der Waals surface area (Å²) in [5.41, 5.74) is 2.74. The number of rotatable bonds is 2. The second-order valence-corrected chi connectivity index (χ2v) is 4.05. The number of ether oxygens (including phenoxy) is 1. The Balaban J connectivity index is 2.16. The Hall–Kier alpha value is -2.49. The van der Waals surface area contributed by atoms with Crippen LogP contribution >= 0.6 is 0 Å². The first-order valence-electron chi connectivity index (χ1n) is 5.62. The SMILES string of the molecule is COc1cccc(-c2cn3ccc(=O)cc3[nH]2)c1. The molecule has 0 radical (unpaired) electrons. The number of aromatic nitrogens is 2. The Kier molecular flexibility index (Phi) is 2.41. The third-order valence-electron chi connectivity index (χ3n) is 2.87. The van der Waals surface area contributed by atoms with Crippen molar-refractivity contribution >= 4 is 5.65 Å². The van der Waals surface area contributed by atoms with Gasteiger partial charge in [-0.2, -0.15) is 0 Å². The van der Waals surface area contributed by atoms with Gasteiger partial charge in [0.1, 0.15) is 11.4 Å². The van der Waals surface area contributed by atoms with E-state index < -0.39 is 0 Å². The molecule has 0 bridgehead atoms. The molecule has 2 heterocycles. The lowest BCUT2D eigenvalue weighted by Crippen LogP contribution is -1.97. The van der Waals surface area contributed by atoms with E-state index in [1.165, 1.54) is 6.07 Å². The van der Waals surface area contributed by atoms with Crippen molar-refractivity contribution in [2.75, 3.05) is 7.11 Å². The molecular weight excluding hydrogens is 228 g/mol. The van der Waals surface area contributed by atoms with Crippen LogP contribution < -0.4 is 10.2 Å². The van der Waals surface area contributed by atoms with E-state index in [1.807, 2.05) is 34.9 Å². The number of H-pyrrole nitrogens is 1. The van der Waals surface area contributed by atoms with Gasteiger partial charge in [-0.1, -0.05) is 12.1 Å². The molecule has 1 N–H and O–H groups in total. The molecular formula is C14H12N2O2. The first kappa shape index (κ1) is 10.7. The molecule has 2 aromatic heterocycles. The van der Waals surface area contributed by atoms with E-state index in [9.17, 15) is 4.79 Å². The Bertz CT molecular complexity index is 756. The minimum absolute atomic E-state index is 0.00552. The average molecular weight is 240 g/mol. The van der Waals surface area contributed by atoms with Crippen molar-refractivity contribution in [2.24, 2.45) is 0 Å². The maximum absolute atomic E-state index is 11.3. The molecule has 3 aromatic rings. The molecule has 0 amide bonds. The normalized spacial score (nSPS) is 10.7. The lowest BCUT2D eigenvalue weighted by molar-refractivity contribution is 0.415. The fraction of sp³-hybridized carbons (Fsp3) is 0.0714. The first-order chi connectivity index (χ1) is 8.76. The molecule has 4 nitrogen and oxygen atoms in total. The Morgan fingerprint density at radius 1 is 1.22 bits per heavy atom. The van der Waals surface area contributed by atoms with Crippen LogP contribution in [0, 0.1) is 0 Å². The van der Waals surface area contributed by atoms with Crippen molar-refractivity contribution in [3.05, 3.63) is 59.0 Å². The van der Waals surface area contributed by atoms with Crippen LogP contribution in [0.2, 0.25) is 0 Å². The van der Waals surface area contributed by atoms with Crippen LogP contribution in [0.5, 0.6) is 5.75 Å². The summed E-state index contributed by atoms with van der Waals surface area (Å²) in [5.74, 6) is 0.806. The summed E-state index contributed by atoms with van der Waals surface area (Å²) in [4.78, 5) is 14.5. The summed E-state index contributed by atoms with van der Waals surface area (Å²) in [6.45, 7) is 0. The maximum Gasteiger partial charge on any atom is 0.183 e. The van der Waals surface area contributed by atoms with Crippen molar-refractivity contribution < 1.29 is 4.74 Å². The number of imidazole rings is 1. The van der Waals surface area contributed by atoms with Crippen molar-refractivity contribution in [2.45, 2.75) is 0 Å². The highest BCUT2D eigenvalue weighted by atomic mass is 16.5. The average Bonchev–Trinajstić information content (AvgIpc) is 2.81. The summed E-state index contributed by atoms with van der Waals surface area (Å²) in [7, 11) is 1.64. The molecule has 0 fully saturated rings. The maximum atomic E-state index is 11.3. The van der Waals surface area contributed by atoms with Crippen molar-refractivity contribution in [3.63, 3.8) is 0 Å². The Morgan fingerprint density at radius 2 is 2.11 bits per heavy atom. The molecule has 0 aliphatic carbocycles. The minimum Gasteiger partial charge on any atom is -0.497 e. The highest BCUT2D eigenvalue weighted by molar-refractivity contribution is 5.64. The van der Waals surface area contributed by atoms with Gasteiger partial charge in [-0.15, -0.1) is 0 Å². The second-order valence-electron chi connectivity index (χ2n) is 4.05. The van der Waals surface area contributed by atoms with Crippen molar-refractivity contribution in [1.29, 1.82) is 0 Å². The van der Waals surface area contributed by atoms with Crippen LogP contribution in [-0.2, 0) is 0 Å². The van der Waals surface area contributed by atoms with Crippen molar-refractivity contribution in [1.82, 2.24) is 9.38 Å². The molecule has 0 unspecified atom stereocenters. The fourth-order valence-electron chi connectivity index (χ4n) is 1.95. The number of pyridine rings is 1. The molecule has 90 valence electrons. The minimum atomic E-state index is -0.00552. The van der Waals surface area contributed by atoms with E-state index in [-0.39, 0.29) is 5.43 Å². The van der Waals surface area contributed by atoms with E-state index >= 15 is 0 Å². The van der Waals surface area contributed by atoms with Crippen LogP contribution in [0.25, 0.3) is 16.9 Å². The van der Waals surface area contributed by atoms with E-state index in [0.717, 1.165) is 22.7 Å². The number of hydrogen-bond acceptors (Lipinski definition) is 2. The van der Waals surface area contributed by atoms with Crippen LogP contribution in [0.4, 0.5) is 0 Å².